The molecule has 0 radical (unpaired) electrons. The van der Waals surface area contributed by atoms with Crippen LogP contribution in [0.2, 0.25) is 0 Å². The van der Waals surface area contributed by atoms with Crippen molar-refractivity contribution in [2.45, 2.75) is 32.9 Å². The van der Waals surface area contributed by atoms with Crippen molar-refractivity contribution in [3.8, 4) is 10.4 Å². The summed E-state index contributed by atoms with van der Waals surface area (Å²) in [4.78, 5) is 27.8. The molecule has 0 bridgehead atoms. The predicted octanol–water partition coefficient (Wildman–Crippen LogP) is 5.20. The Balaban J connectivity index is 1.48. The van der Waals surface area contributed by atoms with Crippen LogP contribution >= 0.6 is 34.0 Å². The van der Waals surface area contributed by atoms with Crippen molar-refractivity contribution in [2.75, 3.05) is 6.54 Å². The predicted molar refractivity (Wildman–Crippen MR) is 115 cm³/mol. The van der Waals surface area contributed by atoms with Gasteiger partial charge in [0.05, 0.1) is 11.9 Å². The van der Waals surface area contributed by atoms with Gasteiger partial charge in [0.15, 0.2) is 0 Å². The van der Waals surface area contributed by atoms with Gasteiger partial charge >= 0.3 is 0 Å². The molecule has 0 unspecified atom stereocenters. The molecule has 1 aliphatic heterocycles. The van der Waals surface area contributed by atoms with Gasteiger partial charge in [0.25, 0.3) is 5.56 Å². The lowest BCUT2D eigenvalue weighted by Gasteiger charge is -2.33. The third kappa shape index (κ3) is 2.99. The zero-order chi connectivity index (χ0) is 18.5. The number of fused-ring (bicyclic) bond motifs is 2. The summed E-state index contributed by atoms with van der Waals surface area (Å²) in [7, 11) is 0. The molecule has 1 atom stereocenters. The van der Waals surface area contributed by atoms with Crippen molar-refractivity contribution in [2.24, 2.45) is 0 Å². The van der Waals surface area contributed by atoms with Crippen molar-refractivity contribution >= 4 is 44.2 Å². The maximum atomic E-state index is 12.8. The van der Waals surface area contributed by atoms with Crippen LogP contribution in [-0.2, 0) is 13.0 Å². The molecule has 4 aromatic rings. The molecule has 138 valence electrons. The van der Waals surface area contributed by atoms with Crippen LogP contribution in [0.3, 0.4) is 0 Å². The van der Waals surface area contributed by atoms with Crippen molar-refractivity contribution in [3.63, 3.8) is 0 Å². The highest BCUT2D eigenvalue weighted by molar-refractivity contribution is 7.19. The first kappa shape index (κ1) is 17.3. The highest BCUT2D eigenvalue weighted by atomic mass is 32.1. The van der Waals surface area contributed by atoms with Crippen molar-refractivity contribution in [1.82, 2.24) is 14.9 Å². The van der Waals surface area contributed by atoms with E-state index in [4.69, 9.17) is 4.98 Å². The molecule has 5 rings (SSSR count). The topological polar surface area (TPSA) is 49.0 Å². The number of aromatic nitrogens is 2. The molecule has 0 spiro atoms. The normalized spacial score (nSPS) is 17.5. The second-order valence-corrected chi connectivity index (χ2v) is 10.1. The fourth-order valence-corrected chi connectivity index (χ4v) is 6.68. The minimum atomic E-state index is -0.0295. The van der Waals surface area contributed by atoms with Crippen LogP contribution in [0.5, 0.6) is 0 Å². The zero-order valence-electron chi connectivity index (χ0n) is 15.1. The minimum absolute atomic E-state index is 0.0295. The Bertz CT molecular complexity index is 1180. The summed E-state index contributed by atoms with van der Waals surface area (Å²) in [6.07, 6.45) is 1.07. The smallest absolute Gasteiger partial charge is 0.260 e. The van der Waals surface area contributed by atoms with E-state index in [-0.39, 0.29) is 5.56 Å². The number of rotatable bonds is 3. The average molecular weight is 414 g/mol. The summed E-state index contributed by atoms with van der Waals surface area (Å²) in [5, 5.41) is 4.96. The van der Waals surface area contributed by atoms with Crippen molar-refractivity contribution in [3.05, 3.63) is 60.5 Å². The molecular formula is C20H19N3OS3. The van der Waals surface area contributed by atoms with Crippen LogP contribution < -0.4 is 5.56 Å². The van der Waals surface area contributed by atoms with Gasteiger partial charge in [-0.05, 0) is 49.4 Å². The molecule has 5 heterocycles. The van der Waals surface area contributed by atoms with E-state index in [1.807, 2.05) is 11.3 Å². The third-order valence-corrected chi connectivity index (χ3v) is 8.16. The summed E-state index contributed by atoms with van der Waals surface area (Å²) in [5.74, 6) is 0.758. The summed E-state index contributed by atoms with van der Waals surface area (Å²) in [5.41, 5.74) is 2.39. The number of thiophene rings is 3. The number of aromatic amines is 1. The Labute approximate surface area is 169 Å². The van der Waals surface area contributed by atoms with Gasteiger partial charge in [-0.1, -0.05) is 0 Å². The second-order valence-electron chi connectivity index (χ2n) is 6.95. The Kier molecular flexibility index (Phi) is 4.27. The lowest BCUT2D eigenvalue weighted by atomic mass is 10.0. The zero-order valence-corrected chi connectivity index (χ0v) is 17.6. The van der Waals surface area contributed by atoms with Crippen LogP contribution in [0.4, 0.5) is 0 Å². The molecule has 0 aromatic carbocycles. The SMILES string of the molecule is Cc1ccc(-c2csc3nc(CN4CCc5sccc5[C@@H]4C)[nH]c(=O)c23)s1. The molecule has 0 amide bonds. The van der Waals surface area contributed by atoms with E-state index >= 15 is 0 Å². The van der Waals surface area contributed by atoms with Crippen LogP contribution in [-0.4, -0.2) is 21.4 Å². The third-order valence-electron chi connectivity index (χ3n) is 5.26. The summed E-state index contributed by atoms with van der Waals surface area (Å²) in [6, 6.07) is 6.76. The largest absolute Gasteiger partial charge is 0.309 e. The second kappa shape index (κ2) is 6.67. The Morgan fingerprint density at radius 1 is 1.30 bits per heavy atom. The van der Waals surface area contributed by atoms with Gasteiger partial charge in [-0.15, -0.1) is 34.0 Å². The van der Waals surface area contributed by atoms with E-state index in [9.17, 15) is 4.79 Å². The van der Waals surface area contributed by atoms with E-state index < -0.39 is 0 Å². The number of aryl methyl sites for hydroxylation is 1. The Morgan fingerprint density at radius 2 is 2.19 bits per heavy atom. The highest BCUT2D eigenvalue weighted by Crippen LogP contribution is 2.36. The average Bonchev–Trinajstić information content (AvgIpc) is 3.36. The highest BCUT2D eigenvalue weighted by Gasteiger charge is 2.25. The number of nitrogens with one attached hydrogen (secondary N) is 1. The molecule has 0 saturated carbocycles. The van der Waals surface area contributed by atoms with Gasteiger partial charge in [-0.3, -0.25) is 9.69 Å². The summed E-state index contributed by atoms with van der Waals surface area (Å²) in [6.45, 7) is 6.00. The van der Waals surface area contributed by atoms with Gasteiger partial charge in [0, 0.05) is 38.2 Å². The fourth-order valence-electron chi connectivity index (χ4n) is 3.80. The molecule has 0 saturated heterocycles. The number of H-pyrrole nitrogens is 1. The van der Waals surface area contributed by atoms with E-state index in [2.05, 4.69) is 52.7 Å². The number of hydrogen-bond acceptors (Lipinski definition) is 6. The number of hydrogen-bond donors (Lipinski definition) is 1. The van der Waals surface area contributed by atoms with Gasteiger partial charge < -0.3 is 4.98 Å². The van der Waals surface area contributed by atoms with Gasteiger partial charge in [0.2, 0.25) is 0 Å². The number of nitrogens with zero attached hydrogens (tertiary/aromatic N) is 2. The monoisotopic (exact) mass is 413 g/mol. The van der Waals surface area contributed by atoms with Crippen LogP contribution in [0, 0.1) is 6.92 Å². The molecular weight excluding hydrogens is 394 g/mol. The van der Waals surface area contributed by atoms with E-state index in [0.29, 0.717) is 12.6 Å². The first-order chi connectivity index (χ1) is 13.1. The molecule has 27 heavy (non-hydrogen) atoms. The summed E-state index contributed by atoms with van der Waals surface area (Å²) >= 11 is 5.12. The quantitative estimate of drug-likeness (QED) is 0.502. The molecule has 4 nitrogen and oxygen atoms in total. The first-order valence-corrected chi connectivity index (χ1v) is 11.6. The maximum Gasteiger partial charge on any atom is 0.260 e. The van der Waals surface area contributed by atoms with Gasteiger partial charge in [0.1, 0.15) is 10.7 Å². The standard InChI is InChI=1S/C20H19N3OS3/c1-11-3-4-16(27-11)14-10-26-20-18(14)19(24)21-17(22-20)9-23-7-5-15-13(12(23)2)6-8-25-15/h3-4,6,8,10,12H,5,7,9H2,1-2H3,(H,21,22,24)/t12-/m0/s1. The van der Waals surface area contributed by atoms with Crippen molar-refractivity contribution < 1.29 is 0 Å². The molecule has 0 fully saturated rings. The molecule has 1 N–H and O–H groups in total. The molecule has 4 aromatic heterocycles. The summed E-state index contributed by atoms with van der Waals surface area (Å²) < 4.78 is 0. The van der Waals surface area contributed by atoms with E-state index in [0.717, 1.165) is 39.4 Å². The lowest BCUT2D eigenvalue weighted by molar-refractivity contribution is 0.186. The first-order valence-electron chi connectivity index (χ1n) is 8.97. The molecule has 7 heteroatoms. The Morgan fingerprint density at radius 3 is 3.00 bits per heavy atom. The Hall–Kier alpha value is -1.80. The van der Waals surface area contributed by atoms with Gasteiger partial charge in [-0.2, -0.15) is 0 Å². The van der Waals surface area contributed by atoms with Crippen LogP contribution in [0.1, 0.15) is 34.1 Å². The van der Waals surface area contributed by atoms with E-state index in [1.54, 1.807) is 22.7 Å². The van der Waals surface area contributed by atoms with Crippen LogP contribution in [0.15, 0.2) is 33.8 Å². The van der Waals surface area contributed by atoms with Crippen LogP contribution in [0.25, 0.3) is 20.7 Å². The maximum absolute atomic E-state index is 12.8. The van der Waals surface area contributed by atoms with Crippen molar-refractivity contribution in [1.29, 1.82) is 0 Å². The lowest BCUT2D eigenvalue weighted by Crippen LogP contribution is -2.33. The minimum Gasteiger partial charge on any atom is -0.309 e. The molecule has 1 aliphatic rings. The van der Waals surface area contributed by atoms with Gasteiger partial charge in [-0.25, -0.2) is 4.98 Å². The fraction of sp³-hybridized carbons (Fsp3) is 0.300. The molecule has 0 aliphatic carbocycles. The van der Waals surface area contributed by atoms with E-state index in [1.165, 1.54) is 15.3 Å².